The van der Waals surface area contributed by atoms with Crippen molar-refractivity contribution in [1.82, 2.24) is 5.32 Å². The van der Waals surface area contributed by atoms with Crippen LogP contribution in [0.3, 0.4) is 0 Å². The van der Waals surface area contributed by atoms with E-state index in [4.69, 9.17) is 4.42 Å². The fourth-order valence-corrected chi connectivity index (χ4v) is 2.29. The Morgan fingerprint density at radius 2 is 1.90 bits per heavy atom. The molecule has 0 unspecified atom stereocenters. The molecule has 0 aliphatic carbocycles. The maximum Gasteiger partial charge on any atom is 0.255 e. The van der Waals surface area contributed by atoms with Crippen LogP contribution in [-0.4, -0.2) is 5.91 Å². The first-order chi connectivity index (χ1) is 9.58. The molecule has 1 aromatic carbocycles. The van der Waals surface area contributed by atoms with Gasteiger partial charge in [-0.05, 0) is 30.9 Å². The number of aryl methyl sites for hydroxylation is 1. The summed E-state index contributed by atoms with van der Waals surface area (Å²) in [6, 6.07) is 11.8. The first-order valence-electron chi connectivity index (χ1n) is 6.98. The molecule has 3 nitrogen and oxygen atoms in total. The number of amides is 1. The van der Waals surface area contributed by atoms with E-state index < -0.39 is 0 Å². The van der Waals surface area contributed by atoms with Gasteiger partial charge in [-0.25, -0.2) is 0 Å². The zero-order valence-electron chi connectivity index (χ0n) is 12.2. The van der Waals surface area contributed by atoms with Gasteiger partial charge in [0.15, 0.2) is 0 Å². The van der Waals surface area contributed by atoms with Crippen LogP contribution in [0.4, 0.5) is 0 Å². The predicted molar refractivity (Wildman–Crippen MR) is 79.5 cm³/mol. The third-order valence-corrected chi connectivity index (χ3v) is 3.32. The van der Waals surface area contributed by atoms with Crippen molar-refractivity contribution in [3.05, 3.63) is 59.5 Å². The van der Waals surface area contributed by atoms with Crippen molar-refractivity contribution < 1.29 is 9.21 Å². The fraction of sp³-hybridized carbons (Fsp3) is 0.353. The molecule has 2 rings (SSSR count). The Balaban J connectivity index is 2.16. The fourth-order valence-electron chi connectivity index (χ4n) is 2.29. The van der Waals surface area contributed by atoms with Gasteiger partial charge >= 0.3 is 0 Å². The van der Waals surface area contributed by atoms with Crippen LogP contribution in [0.5, 0.6) is 0 Å². The molecular weight excluding hydrogens is 250 g/mol. The van der Waals surface area contributed by atoms with Gasteiger partial charge < -0.3 is 9.73 Å². The summed E-state index contributed by atoms with van der Waals surface area (Å²) in [5, 5.41) is 3.11. The minimum Gasteiger partial charge on any atom is -0.469 e. The van der Waals surface area contributed by atoms with Gasteiger partial charge in [0.2, 0.25) is 0 Å². The molecule has 3 heteroatoms. The minimum atomic E-state index is -0.0780. The van der Waals surface area contributed by atoms with Gasteiger partial charge in [0.1, 0.15) is 5.76 Å². The van der Waals surface area contributed by atoms with Crippen LogP contribution in [-0.2, 0) is 0 Å². The monoisotopic (exact) mass is 271 g/mol. The number of benzene rings is 1. The summed E-state index contributed by atoms with van der Waals surface area (Å²) >= 11 is 0. The lowest BCUT2D eigenvalue weighted by Gasteiger charge is -2.21. The van der Waals surface area contributed by atoms with Crippen LogP contribution in [0, 0.1) is 12.8 Å². The van der Waals surface area contributed by atoms with E-state index in [0.717, 1.165) is 12.0 Å². The molecule has 2 aromatic rings. The van der Waals surface area contributed by atoms with E-state index >= 15 is 0 Å². The number of furan rings is 1. The highest BCUT2D eigenvalue weighted by Crippen LogP contribution is 2.22. The molecule has 0 saturated carbocycles. The Hall–Kier alpha value is -2.03. The summed E-state index contributed by atoms with van der Waals surface area (Å²) in [5.74, 6) is 1.08. The molecule has 0 bridgehead atoms. The standard InChI is InChI=1S/C17H21NO2/c1-12(2)11-16(14-7-5-4-6-8-14)18-17(19)15-9-10-20-13(15)3/h4-10,12,16H,11H2,1-3H3,(H,18,19)/t16-/m0/s1. The van der Waals surface area contributed by atoms with Crippen molar-refractivity contribution in [2.75, 3.05) is 0 Å². The average Bonchev–Trinajstić information content (AvgIpc) is 2.85. The Morgan fingerprint density at radius 1 is 1.20 bits per heavy atom. The molecule has 0 aliphatic heterocycles. The van der Waals surface area contributed by atoms with Gasteiger partial charge in [-0.15, -0.1) is 0 Å². The number of carbonyl (C=O) groups excluding carboxylic acids is 1. The smallest absolute Gasteiger partial charge is 0.255 e. The lowest BCUT2D eigenvalue weighted by molar-refractivity contribution is 0.0930. The molecule has 1 N–H and O–H groups in total. The van der Waals surface area contributed by atoms with Crippen molar-refractivity contribution in [1.29, 1.82) is 0 Å². The van der Waals surface area contributed by atoms with E-state index in [1.165, 1.54) is 0 Å². The number of nitrogens with one attached hydrogen (secondary N) is 1. The van der Waals surface area contributed by atoms with E-state index in [2.05, 4.69) is 31.3 Å². The topological polar surface area (TPSA) is 42.2 Å². The molecule has 0 aliphatic rings. The number of rotatable bonds is 5. The van der Waals surface area contributed by atoms with Gasteiger partial charge in [0, 0.05) is 0 Å². The van der Waals surface area contributed by atoms with Crippen molar-refractivity contribution in [2.24, 2.45) is 5.92 Å². The molecule has 20 heavy (non-hydrogen) atoms. The first-order valence-corrected chi connectivity index (χ1v) is 6.98. The summed E-state index contributed by atoms with van der Waals surface area (Å²) < 4.78 is 5.19. The summed E-state index contributed by atoms with van der Waals surface area (Å²) in [6.45, 7) is 6.12. The van der Waals surface area contributed by atoms with E-state index in [1.807, 2.05) is 18.2 Å². The molecule has 0 fully saturated rings. The second-order valence-corrected chi connectivity index (χ2v) is 5.46. The van der Waals surface area contributed by atoms with Crippen molar-refractivity contribution in [3.8, 4) is 0 Å². The van der Waals surface area contributed by atoms with E-state index in [9.17, 15) is 4.79 Å². The molecule has 1 heterocycles. The first kappa shape index (κ1) is 14.4. The zero-order chi connectivity index (χ0) is 14.5. The lowest BCUT2D eigenvalue weighted by atomic mass is 9.96. The lowest BCUT2D eigenvalue weighted by Crippen LogP contribution is -2.29. The molecule has 1 atom stereocenters. The van der Waals surface area contributed by atoms with E-state index in [-0.39, 0.29) is 11.9 Å². The van der Waals surface area contributed by atoms with Crippen LogP contribution in [0.1, 0.15) is 48.0 Å². The molecule has 0 saturated heterocycles. The summed E-state index contributed by atoms with van der Waals surface area (Å²) in [5.41, 5.74) is 1.74. The number of hydrogen-bond acceptors (Lipinski definition) is 2. The highest BCUT2D eigenvalue weighted by atomic mass is 16.3. The Kier molecular flexibility index (Phi) is 4.61. The molecular formula is C17H21NO2. The summed E-state index contributed by atoms with van der Waals surface area (Å²) in [4.78, 5) is 12.3. The van der Waals surface area contributed by atoms with Crippen LogP contribution in [0.25, 0.3) is 0 Å². The van der Waals surface area contributed by atoms with Crippen LogP contribution in [0.2, 0.25) is 0 Å². The number of carbonyl (C=O) groups is 1. The second kappa shape index (κ2) is 6.42. The normalized spacial score (nSPS) is 12.4. The Labute approximate surface area is 120 Å². The van der Waals surface area contributed by atoms with Crippen LogP contribution in [0.15, 0.2) is 47.1 Å². The minimum absolute atomic E-state index is 0.0259. The third kappa shape index (κ3) is 3.50. The summed E-state index contributed by atoms with van der Waals surface area (Å²) in [6.07, 6.45) is 2.46. The predicted octanol–water partition coefficient (Wildman–Crippen LogP) is 4.11. The largest absolute Gasteiger partial charge is 0.469 e. The molecule has 1 amide bonds. The van der Waals surface area contributed by atoms with E-state index in [0.29, 0.717) is 17.2 Å². The Bertz CT molecular complexity index is 557. The van der Waals surface area contributed by atoms with Crippen LogP contribution < -0.4 is 5.32 Å². The van der Waals surface area contributed by atoms with E-state index in [1.54, 1.807) is 19.3 Å². The SMILES string of the molecule is Cc1occc1C(=O)N[C@@H](CC(C)C)c1ccccc1. The molecule has 0 spiro atoms. The van der Waals surface area contributed by atoms with Gasteiger partial charge in [0.25, 0.3) is 5.91 Å². The van der Waals surface area contributed by atoms with Gasteiger partial charge in [-0.2, -0.15) is 0 Å². The van der Waals surface area contributed by atoms with Gasteiger partial charge in [-0.1, -0.05) is 44.2 Å². The number of hydrogen-bond donors (Lipinski definition) is 1. The van der Waals surface area contributed by atoms with Gasteiger partial charge in [-0.3, -0.25) is 4.79 Å². The highest BCUT2D eigenvalue weighted by molar-refractivity contribution is 5.95. The highest BCUT2D eigenvalue weighted by Gasteiger charge is 2.19. The molecule has 106 valence electrons. The molecule has 1 aromatic heterocycles. The maximum absolute atomic E-state index is 12.3. The average molecular weight is 271 g/mol. The van der Waals surface area contributed by atoms with Crippen LogP contribution >= 0.6 is 0 Å². The zero-order valence-corrected chi connectivity index (χ0v) is 12.2. The van der Waals surface area contributed by atoms with Crippen molar-refractivity contribution >= 4 is 5.91 Å². The summed E-state index contributed by atoms with van der Waals surface area (Å²) in [7, 11) is 0. The Morgan fingerprint density at radius 3 is 2.45 bits per heavy atom. The second-order valence-electron chi connectivity index (χ2n) is 5.46. The van der Waals surface area contributed by atoms with Crippen molar-refractivity contribution in [3.63, 3.8) is 0 Å². The maximum atomic E-state index is 12.3. The quantitative estimate of drug-likeness (QED) is 0.889. The third-order valence-electron chi connectivity index (χ3n) is 3.32. The van der Waals surface area contributed by atoms with Gasteiger partial charge in [0.05, 0.1) is 17.9 Å². The molecule has 0 radical (unpaired) electrons. The van der Waals surface area contributed by atoms with Crippen molar-refractivity contribution in [2.45, 2.75) is 33.2 Å².